The molecule has 0 aromatic carbocycles. The second-order valence-corrected chi connectivity index (χ2v) is 3.60. The van der Waals surface area contributed by atoms with E-state index in [0.29, 0.717) is 0 Å². The molecule has 1 heterocycles. The van der Waals surface area contributed by atoms with Crippen molar-refractivity contribution in [1.29, 1.82) is 0 Å². The smallest absolute Gasteiger partial charge is 0.0945 e. The molecule has 0 radical (unpaired) electrons. The van der Waals surface area contributed by atoms with Crippen LogP contribution in [0.15, 0.2) is 18.7 Å². The molecule has 0 saturated carbocycles. The first-order valence-electron chi connectivity index (χ1n) is 3.32. The van der Waals surface area contributed by atoms with Crippen LogP contribution in [0.3, 0.4) is 0 Å². The van der Waals surface area contributed by atoms with Gasteiger partial charge in [-0.05, 0) is 6.42 Å². The van der Waals surface area contributed by atoms with Gasteiger partial charge in [-0.25, -0.2) is 4.98 Å². The first kappa shape index (κ1) is 6.55. The van der Waals surface area contributed by atoms with Gasteiger partial charge in [0.1, 0.15) is 0 Å². The molecule has 0 spiro atoms. The van der Waals surface area contributed by atoms with Gasteiger partial charge < -0.3 is 4.57 Å². The highest BCUT2D eigenvalue weighted by atomic mass is 28.1. The van der Waals surface area contributed by atoms with Gasteiger partial charge in [-0.15, -0.1) is 0 Å². The Morgan fingerprint density at radius 2 is 2.56 bits per heavy atom. The molecule has 0 bridgehead atoms. The van der Waals surface area contributed by atoms with Crippen molar-refractivity contribution in [3.05, 3.63) is 18.7 Å². The lowest BCUT2D eigenvalue weighted by Gasteiger charge is -2.07. The van der Waals surface area contributed by atoms with E-state index in [9.17, 15) is 0 Å². The molecule has 50 valence electrons. The molecule has 0 aliphatic carbocycles. The lowest BCUT2D eigenvalue weighted by molar-refractivity contribution is 0.645. The molecule has 0 amide bonds. The van der Waals surface area contributed by atoms with Gasteiger partial charge in [-0.1, -0.05) is 6.92 Å². The van der Waals surface area contributed by atoms with E-state index in [0.717, 1.165) is 5.67 Å². The number of hydrogen-bond donors (Lipinski definition) is 0. The third-order valence-electron chi connectivity index (χ3n) is 1.62. The molecule has 9 heavy (non-hydrogen) atoms. The number of hydrogen-bond acceptors (Lipinski definition) is 1. The quantitative estimate of drug-likeness (QED) is 0.535. The molecule has 0 N–H and O–H groups in total. The summed E-state index contributed by atoms with van der Waals surface area (Å²) < 4.78 is 2.17. The predicted octanol–water partition coefficient (Wildman–Crippen LogP) is 0.157. The van der Waals surface area contributed by atoms with Crippen molar-refractivity contribution >= 4 is 10.2 Å². The molecule has 2 nitrogen and oxygen atoms in total. The maximum Gasteiger partial charge on any atom is 0.0945 e. The van der Waals surface area contributed by atoms with Crippen LogP contribution in [0.5, 0.6) is 0 Å². The van der Waals surface area contributed by atoms with E-state index in [4.69, 9.17) is 0 Å². The predicted molar refractivity (Wildman–Crippen MR) is 41.5 cm³/mol. The summed E-state index contributed by atoms with van der Waals surface area (Å²) in [5.41, 5.74) is 0.729. The molecule has 1 atom stereocenters. The van der Waals surface area contributed by atoms with Gasteiger partial charge in [-0.3, -0.25) is 0 Å². The van der Waals surface area contributed by atoms with E-state index < -0.39 is 0 Å². The highest BCUT2D eigenvalue weighted by Crippen LogP contribution is 2.03. The van der Waals surface area contributed by atoms with E-state index in [-0.39, 0.29) is 0 Å². The van der Waals surface area contributed by atoms with Gasteiger partial charge in [0.05, 0.1) is 6.33 Å². The largest absolute Gasteiger partial charge is 0.339 e. The van der Waals surface area contributed by atoms with Crippen LogP contribution in [-0.2, 0) is 0 Å². The number of aromatic nitrogens is 2. The molecule has 1 aromatic rings. The minimum Gasteiger partial charge on any atom is -0.339 e. The van der Waals surface area contributed by atoms with Gasteiger partial charge in [-0.2, -0.15) is 0 Å². The fraction of sp³-hybridized carbons (Fsp3) is 0.500. The topological polar surface area (TPSA) is 17.8 Å². The number of nitrogens with zero attached hydrogens (tertiary/aromatic N) is 2. The summed E-state index contributed by atoms with van der Waals surface area (Å²) in [5.74, 6) is 0. The first-order valence-corrected chi connectivity index (χ1v) is 4.47. The van der Waals surface area contributed by atoms with Crippen molar-refractivity contribution < 1.29 is 0 Å². The summed E-state index contributed by atoms with van der Waals surface area (Å²) in [7, 11) is 1.22. The minimum atomic E-state index is 0.729. The molecule has 1 aromatic heterocycles. The van der Waals surface area contributed by atoms with Crippen LogP contribution in [0.4, 0.5) is 0 Å². The Kier molecular flexibility index (Phi) is 2.05. The normalized spacial score (nSPS) is 13.9. The van der Waals surface area contributed by atoms with Crippen LogP contribution in [0.2, 0.25) is 0 Å². The van der Waals surface area contributed by atoms with Crippen molar-refractivity contribution in [1.82, 2.24) is 9.55 Å². The molecule has 0 saturated heterocycles. The number of rotatable bonds is 2. The van der Waals surface area contributed by atoms with Crippen molar-refractivity contribution in [3.8, 4) is 0 Å². The molecule has 1 rings (SSSR count). The Bertz CT molecular complexity index is 160. The molecular formula is C6H12N2Si. The lowest BCUT2D eigenvalue weighted by atomic mass is 10.5. The fourth-order valence-electron chi connectivity index (χ4n) is 0.741. The van der Waals surface area contributed by atoms with Crippen molar-refractivity contribution in [3.63, 3.8) is 0 Å². The standard InChI is InChI=1S/C6H12N2Si/c1-2-6(9)8-4-3-7-5-8/h3-6H,2H2,1,9H3. The second-order valence-electron chi connectivity index (χ2n) is 2.27. The van der Waals surface area contributed by atoms with Crippen LogP contribution >= 0.6 is 0 Å². The van der Waals surface area contributed by atoms with Crippen LogP contribution < -0.4 is 0 Å². The molecular weight excluding hydrogens is 128 g/mol. The summed E-state index contributed by atoms with van der Waals surface area (Å²) in [6.45, 7) is 2.21. The van der Waals surface area contributed by atoms with Crippen LogP contribution in [0, 0.1) is 0 Å². The molecule has 0 aliphatic heterocycles. The van der Waals surface area contributed by atoms with Crippen molar-refractivity contribution in [2.75, 3.05) is 0 Å². The van der Waals surface area contributed by atoms with Crippen LogP contribution in [0.1, 0.15) is 19.0 Å². The van der Waals surface area contributed by atoms with Crippen LogP contribution in [0.25, 0.3) is 0 Å². The second kappa shape index (κ2) is 2.82. The third-order valence-corrected chi connectivity index (χ3v) is 3.04. The molecule has 1 unspecified atom stereocenters. The maximum atomic E-state index is 3.98. The summed E-state index contributed by atoms with van der Waals surface area (Å²) in [6, 6.07) is 0. The van der Waals surface area contributed by atoms with E-state index >= 15 is 0 Å². The van der Waals surface area contributed by atoms with E-state index in [2.05, 4.69) is 16.5 Å². The maximum absolute atomic E-state index is 3.98. The summed E-state index contributed by atoms with van der Waals surface area (Å²) in [5, 5.41) is 0. The zero-order valence-electron chi connectivity index (χ0n) is 5.91. The fourth-order valence-corrected chi connectivity index (χ4v) is 1.05. The summed E-state index contributed by atoms with van der Waals surface area (Å²) in [6.07, 6.45) is 6.98. The van der Waals surface area contributed by atoms with E-state index in [1.165, 1.54) is 16.7 Å². The minimum absolute atomic E-state index is 0.729. The molecule has 3 heteroatoms. The van der Waals surface area contributed by atoms with E-state index in [1.807, 2.05) is 18.7 Å². The van der Waals surface area contributed by atoms with Gasteiger partial charge in [0.2, 0.25) is 0 Å². The van der Waals surface area contributed by atoms with Crippen molar-refractivity contribution in [2.45, 2.75) is 19.0 Å². The Hall–Kier alpha value is -0.573. The molecule has 0 fully saturated rings. The Morgan fingerprint density at radius 1 is 1.78 bits per heavy atom. The SMILES string of the molecule is CCC([SiH3])n1ccnc1. The zero-order chi connectivity index (χ0) is 6.69. The third kappa shape index (κ3) is 1.42. The average Bonchev–Trinajstić information content (AvgIpc) is 2.37. The Balaban J connectivity index is 2.65. The average molecular weight is 140 g/mol. The Labute approximate surface area is 58.3 Å². The van der Waals surface area contributed by atoms with Gasteiger partial charge in [0, 0.05) is 28.3 Å². The highest BCUT2D eigenvalue weighted by molar-refractivity contribution is 6.10. The lowest BCUT2D eigenvalue weighted by Crippen LogP contribution is -2.04. The zero-order valence-corrected chi connectivity index (χ0v) is 7.91. The van der Waals surface area contributed by atoms with Gasteiger partial charge >= 0.3 is 0 Å². The number of imidazole rings is 1. The monoisotopic (exact) mass is 140 g/mol. The van der Waals surface area contributed by atoms with Crippen LogP contribution in [-0.4, -0.2) is 19.8 Å². The molecule has 0 aliphatic rings. The Morgan fingerprint density at radius 3 is 3.00 bits per heavy atom. The van der Waals surface area contributed by atoms with E-state index in [1.54, 1.807) is 0 Å². The van der Waals surface area contributed by atoms with Gasteiger partial charge in [0.15, 0.2) is 0 Å². The highest BCUT2D eigenvalue weighted by Gasteiger charge is 1.96. The summed E-state index contributed by atoms with van der Waals surface area (Å²) in [4.78, 5) is 3.98. The summed E-state index contributed by atoms with van der Waals surface area (Å²) >= 11 is 0. The van der Waals surface area contributed by atoms with Crippen molar-refractivity contribution in [2.24, 2.45) is 0 Å². The first-order chi connectivity index (χ1) is 4.34. The van der Waals surface area contributed by atoms with Gasteiger partial charge in [0.25, 0.3) is 0 Å².